The maximum Gasteiger partial charge on any atom is 0.416 e. The van der Waals surface area contributed by atoms with Crippen molar-refractivity contribution in [2.45, 2.75) is 19.0 Å². The molecule has 4 rings (SSSR count). The minimum absolute atomic E-state index is 0.0816. The molecule has 0 unspecified atom stereocenters. The Labute approximate surface area is 201 Å². The molecule has 0 bridgehead atoms. The van der Waals surface area contributed by atoms with Gasteiger partial charge in [0.1, 0.15) is 12.4 Å². The molecule has 0 spiro atoms. The second-order valence-electron chi connectivity index (χ2n) is 8.29. The van der Waals surface area contributed by atoms with Crippen LogP contribution in [0.4, 0.5) is 18.9 Å². The van der Waals surface area contributed by atoms with E-state index in [2.05, 4.69) is 15.3 Å². The van der Waals surface area contributed by atoms with Gasteiger partial charge in [-0.3, -0.25) is 14.4 Å². The smallest absolute Gasteiger partial charge is 0.416 e. The second kappa shape index (κ2) is 10.9. The number of amides is 1. The average Bonchev–Trinajstić information content (AvgIpc) is 3.09. The molecule has 2 heterocycles. The van der Waals surface area contributed by atoms with E-state index >= 15 is 0 Å². The minimum Gasteiger partial charge on any atom is -0.492 e. The fourth-order valence-corrected chi connectivity index (χ4v) is 3.87. The zero-order valence-electron chi connectivity index (χ0n) is 19.3. The molecule has 0 radical (unpaired) electrons. The molecule has 1 aliphatic heterocycles. The molecule has 3 aromatic rings. The van der Waals surface area contributed by atoms with Gasteiger partial charge in [-0.15, -0.1) is 0 Å². The van der Waals surface area contributed by atoms with Gasteiger partial charge in [0.15, 0.2) is 0 Å². The van der Waals surface area contributed by atoms with Crippen LogP contribution in [0.5, 0.6) is 5.75 Å². The molecule has 10 heteroatoms. The number of nitrogens with one attached hydrogen (secondary N) is 1. The summed E-state index contributed by atoms with van der Waals surface area (Å²) < 4.78 is 52.4. The van der Waals surface area contributed by atoms with E-state index < -0.39 is 17.6 Å². The number of alkyl halides is 3. The number of nitrogens with zero attached hydrogens (tertiary/aromatic N) is 3. The predicted octanol–water partition coefficient (Wildman–Crippen LogP) is 4.81. The zero-order chi connectivity index (χ0) is 24.8. The van der Waals surface area contributed by atoms with Crippen molar-refractivity contribution in [1.29, 1.82) is 0 Å². The molecule has 2 aromatic carbocycles. The molecule has 0 atom stereocenters. The van der Waals surface area contributed by atoms with Gasteiger partial charge < -0.3 is 14.8 Å². The van der Waals surface area contributed by atoms with E-state index in [0.29, 0.717) is 36.9 Å². The summed E-state index contributed by atoms with van der Waals surface area (Å²) in [5, 5.41) is 6.90. The van der Waals surface area contributed by atoms with Gasteiger partial charge in [-0.1, -0.05) is 6.07 Å². The average molecular weight is 489 g/mol. The molecule has 186 valence electrons. The van der Waals surface area contributed by atoms with E-state index in [1.165, 1.54) is 12.1 Å². The van der Waals surface area contributed by atoms with Gasteiger partial charge in [0.25, 0.3) is 5.91 Å². The number of ether oxygens (including phenoxy) is 2. The third kappa shape index (κ3) is 6.40. The van der Waals surface area contributed by atoms with Crippen LogP contribution in [0.1, 0.15) is 28.8 Å². The molecule has 1 fully saturated rings. The molecule has 1 saturated heterocycles. The van der Waals surface area contributed by atoms with E-state index in [4.69, 9.17) is 9.47 Å². The van der Waals surface area contributed by atoms with Crippen molar-refractivity contribution in [2.75, 3.05) is 38.4 Å². The Morgan fingerprint density at radius 1 is 1.17 bits per heavy atom. The summed E-state index contributed by atoms with van der Waals surface area (Å²) in [6.07, 6.45) is -0.737. The van der Waals surface area contributed by atoms with E-state index in [-0.39, 0.29) is 5.56 Å². The summed E-state index contributed by atoms with van der Waals surface area (Å²) in [7, 11) is 1.79. The van der Waals surface area contributed by atoms with E-state index in [0.717, 1.165) is 43.8 Å². The molecule has 1 aliphatic rings. The number of hydrogen-bond acceptors (Lipinski definition) is 5. The van der Waals surface area contributed by atoms with Gasteiger partial charge in [-0.05, 0) is 55.3 Å². The topological polar surface area (TPSA) is 68.6 Å². The van der Waals surface area contributed by atoms with Crippen molar-refractivity contribution in [1.82, 2.24) is 14.7 Å². The number of hydrogen-bond donors (Lipinski definition) is 1. The number of carbonyl (C=O) groups is 1. The monoisotopic (exact) mass is 488 g/mol. The number of rotatable bonds is 7. The first-order chi connectivity index (χ1) is 16.8. The van der Waals surface area contributed by atoms with Gasteiger partial charge in [0, 0.05) is 49.8 Å². The molecule has 1 aromatic heterocycles. The second-order valence-corrected chi connectivity index (χ2v) is 8.29. The van der Waals surface area contributed by atoms with Gasteiger partial charge in [-0.25, -0.2) is 0 Å². The van der Waals surface area contributed by atoms with Crippen molar-refractivity contribution in [3.8, 4) is 17.0 Å². The molecule has 0 saturated carbocycles. The fraction of sp³-hybridized carbons (Fsp3) is 0.360. The van der Waals surface area contributed by atoms with Gasteiger partial charge in [0.2, 0.25) is 0 Å². The summed E-state index contributed by atoms with van der Waals surface area (Å²) in [6.45, 7) is 3.47. The summed E-state index contributed by atoms with van der Waals surface area (Å²) >= 11 is 0. The Balaban J connectivity index is 1.51. The van der Waals surface area contributed by atoms with Crippen LogP contribution < -0.4 is 10.1 Å². The number of benzene rings is 2. The largest absolute Gasteiger partial charge is 0.492 e. The Morgan fingerprint density at radius 3 is 2.80 bits per heavy atom. The molecular weight excluding hydrogens is 461 g/mol. The van der Waals surface area contributed by atoms with Crippen molar-refractivity contribution in [3.63, 3.8) is 0 Å². The Kier molecular flexibility index (Phi) is 7.72. The molecule has 0 aliphatic carbocycles. The van der Waals surface area contributed by atoms with Crippen molar-refractivity contribution in [3.05, 3.63) is 65.9 Å². The van der Waals surface area contributed by atoms with Crippen molar-refractivity contribution >= 4 is 11.6 Å². The van der Waals surface area contributed by atoms with Crippen LogP contribution in [0.3, 0.4) is 0 Å². The highest BCUT2D eigenvalue weighted by atomic mass is 19.4. The first-order valence-electron chi connectivity index (χ1n) is 11.4. The normalized spacial score (nSPS) is 15.0. The minimum atomic E-state index is -4.53. The Hall–Kier alpha value is -3.37. The van der Waals surface area contributed by atoms with Crippen LogP contribution >= 0.6 is 0 Å². The van der Waals surface area contributed by atoms with Crippen LogP contribution in [0, 0.1) is 0 Å². The molecule has 35 heavy (non-hydrogen) atoms. The quantitative estimate of drug-likeness (QED) is 0.517. The molecule has 1 N–H and O–H groups in total. The fourth-order valence-electron chi connectivity index (χ4n) is 3.87. The zero-order valence-corrected chi connectivity index (χ0v) is 19.3. The number of aryl methyl sites for hydroxylation is 1. The Morgan fingerprint density at radius 2 is 2.03 bits per heavy atom. The van der Waals surface area contributed by atoms with Crippen LogP contribution in [0.15, 0.2) is 54.7 Å². The molecule has 1 amide bonds. The SMILES string of the molecule is Cn1nccc1-c1cc(NC(=O)c2cccc(C(F)(F)F)c2)ccc1OCCN1CCCCOC1. The summed E-state index contributed by atoms with van der Waals surface area (Å²) in [4.78, 5) is 14.9. The first-order valence-corrected chi connectivity index (χ1v) is 11.4. The third-order valence-corrected chi connectivity index (χ3v) is 5.74. The van der Waals surface area contributed by atoms with Crippen molar-refractivity contribution < 1.29 is 27.4 Å². The van der Waals surface area contributed by atoms with Crippen LogP contribution in [-0.2, 0) is 18.0 Å². The lowest BCUT2D eigenvalue weighted by atomic mass is 10.1. The van der Waals surface area contributed by atoms with E-state index in [1.807, 2.05) is 6.07 Å². The third-order valence-electron chi connectivity index (χ3n) is 5.74. The summed E-state index contributed by atoms with van der Waals surface area (Å²) in [6, 6.07) is 11.3. The van der Waals surface area contributed by atoms with Crippen LogP contribution in [0.2, 0.25) is 0 Å². The highest BCUT2D eigenvalue weighted by Crippen LogP contribution is 2.33. The maximum atomic E-state index is 13.0. The standard InChI is InChI=1S/C25H27F3N4O3/c1-31-22(9-10-29-31)21-16-20(30-24(33)18-5-4-6-19(15-18)25(26,27)28)7-8-23(21)35-14-12-32-11-2-3-13-34-17-32/h4-10,15-16H,2-3,11-14,17H2,1H3,(H,30,33). The summed E-state index contributed by atoms with van der Waals surface area (Å²) in [5.74, 6) is -0.0247. The van der Waals surface area contributed by atoms with Crippen molar-refractivity contribution in [2.24, 2.45) is 7.05 Å². The van der Waals surface area contributed by atoms with E-state index in [1.54, 1.807) is 36.1 Å². The van der Waals surface area contributed by atoms with Gasteiger partial charge >= 0.3 is 6.18 Å². The lowest BCUT2D eigenvalue weighted by molar-refractivity contribution is -0.137. The van der Waals surface area contributed by atoms with E-state index in [9.17, 15) is 18.0 Å². The maximum absolute atomic E-state index is 13.0. The summed E-state index contributed by atoms with van der Waals surface area (Å²) in [5.41, 5.74) is 0.949. The lowest BCUT2D eigenvalue weighted by Crippen LogP contribution is -2.30. The number of anilines is 1. The first kappa shape index (κ1) is 24.7. The van der Waals surface area contributed by atoms with Gasteiger partial charge in [-0.2, -0.15) is 18.3 Å². The highest BCUT2D eigenvalue weighted by Gasteiger charge is 2.31. The lowest BCUT2D eigenvalue weighted by Gasteiger charge is -2.20. The highest BCUT2D eigenvalue weighted by molar-refractivity contribution is 6.04. The Bertz CT molecular complexity index is 1150. The molecular formula is C25H27F3N4O3. The number of carbonyl (C=O) groups excluding carboxylic acids is 1. The predicted molar refractivity (Wildman–Crippen MR) is 125 cm³/mol. The van der Waals surface area contributed by atoms with Gasteiger partial charge in [0.05, 0.1) is 18.0 Å². The number of halogens is 3. The molecule has 7 nitrogen and oxygen atoms in total. The number of aromatic nitrogens is 2. The van der Waals surface area contributed by atoms with Crippen LogP contribution in [-0.4, -0.2) is 53.6 Å². The van der Waals surface area contributed by atoms with Crippen LogP contribution in [0.25, 0.3) is 11.3 Å².